The van der Waals surface area contributed by atoms with Crippen LogP contribution in [0.4, 0.5) is 0 Å². The van der Waals surface area contributed by atoms with Gasteiger partial charge in [-0.05, 0) is 67.1 Å². The minimum absolute atomic E-state index is 0.243. The number of hydrogen-bond acceptors (Lipinski definition) is 3. The number of aromatic nitrogens is 2. The third-order valence-corrected chi connectivity index (χ3v) is 6.60. The number of pyridine rings is 2. The molecule has 30 heavy (non-hydrogen) atoms. The van der Waals surface area contributed by atoms with Crippen LogP contribution in [0, 0.1) is 0 Å². The van der Waals surface area contributed by atoms with E-state index in [9.17, 15) is 5.11 Å². The lowest BCUT2D eigenvalue weighted by molar-refractivity contribution is 0.477. The predicted molar refractivity (Wildman–Crippen MR) is 119 cm³/mol. The summed E-state index contributed by atoms with van der Waals surface area (Å²) in [4.78, 5) is 9.88. The molecule has 0 aliphatic heterocycles. The van der Waals surface area contributed by atoms with Crippen LogP contribution >= 0.6 is 0 Å². The van der Waals surface area contributed by atoms with Crippen molar-refractivity contribution >= 4 is 0 Å². The van der Waals surface area contributed by atoms with Crippen LogP contribution in [0.1, 0.15) is 42.4 Å². The molecule has 0 radical (unpaired) electrons. The molecule has 4 aromatic rings. The standard InChI is InChI=1S/C27H22N2O/c30-26-10-2-1-7-22(26)25-9-4-8-23(28-25)18-5-3-6-19(16-18)24-14-13-21-17-11-12-20(15-17)27(21)29-24/h1-10,13-14,16-17,20,30H,11-12,15H2. The summed E-state index contributed by atoms with van der Waals surface area (Å²) in [6.07, 6.45) is 3.90. The van der Waals surface area contributed by atoms with Gasteiger partial charge in [0, 0.05) is 28.3 Å². The molecule has 3 nitrogen and oxygen atoms in total. The Morgan fingerprint density at radius 1 is 0.667 bits per heavy atom. The molecule has 2 aliphatic rings. The highest BCUT2D eigenvalue weighted by atomic mass is 16.3. The number of benzene rings is 2. The Balaban J connectivity index is 1.38. The van der Waals surface area contributed by atoms with Crippen molar-refractivity contribution in [3.05, 3.63) is 90.1 Å². The number of hydrogen-bond donors (Lipinski definition) is 1. The summed E-state index contributed by atoms with van der Waals surface area (Å²) >= 11 is 0. The fraction of sp³-hybridized carbons (Fsp3) is 0.185. The third kappa shape index (κ3) is 2.81. The minimum atomic E-state index is 0.243. The maximum atomic E-state index is 10.2. The fourth-order valence-electron chi connectivity index (χ4n) is 5.10. The zero-order valence-electron chi connectivity index (χ0n) is 16.6. The van der Waals surface area contributed by atoms with Gasteiger partial charge in [-0.15, -0.1) is 0 Å². The van der Waals surface area contributed by atoms with Gasteiger partial charge in [-0.3, -0.25) is 4.98 Å². The second-order valence-electron chi connectivity index (χ2n) is 8.38. The van der Waals surface area contributed by atoms with Crippen LogP contribution < -0.4 is 0 Å². The Bertz CT molecular complexity index is 1260. The Morgan fingerprint density at radius 2 is 1.40 bits per heavy atom. The second-order valence-corrected chi connectivity index (χ2v) is 8.38. The first-order valence-electron chi connectivity index (χ1n) is 10.6. The van der Waals surface area contributed by atoms with Gasteiger partial charge in [0.1, 0.15) is 5.75 Å². The Morgan fingerprint density at radius 3 is 2.27 bits per heavy atom. The van der Waals surface area contributed by atoms with Crippen LogP contribution in [0.15, 0.2) is 78.9 Å². The van der Waals surface area contributed by atoms with Gasteiger partial charge in [0.15, 0.2) is 0 Å². The molecule has 146 valence electrons. The Labute approximate surface area is 176 Å². The number of aromatic hydroxyl groups is 1. The molecule has 2 aromatic heterocycles. The average molecular weight is 390 g/mol. The van der Waals surface area contributed by atoms with Crippen LogP contribution in [-0.2, 0) is 0 Å². The molecular weight excluding hydrogens is 368 g/mol. The SMILES string of the molecule is Oc1ccccc1-c1cccc(-c2cccc(-c3ccc4c(n3)C3CCC4C3)c2)n1. The monoisotopic (exact) mass is 390 g/mol. The Kier molecular flexibility index (Phi) is 3.95. The third-order valence-electron chi connectivity index (χ3n) is 6.60. The van der Waals surface area contributed by atoms with Gasteiger partial charge >= 0.3 is 0 Å². The zero-order valence-corrected chi connectivity index (χ0v) is 16.6. The van der Waals surface area contributed by atoms with Crippen LogP contribution in [0.2, 0.25) is 0 Å². The molecule has 2 unspecified atom stereocenters. The largest absolute Gasteiger partial charge is 0.507 e. The highest BCUT2D eigenvalue weighted by Gasteiger charge is 2.38. The summed E-state index contributed by atoms with van der Waals surface area (Å²) in [5, 5.41) is 10.2. The van der Waals surface area contributed by atoms with Crippen LogP contribution in [-0.4, -0.2) is 15.1 Å². The summed E-state index contributed by atoms with van der Waals surface area (Å²) in [7, 11) is 0. The first kappa shape index (κ1) is 17.4. The second kappa shape index (κ2) is 6.81. The van der Waals surface area contributed by atoms with Gasteiger partial charge in [0.05, 0.1) is 17.1 Å². The molecule has 2 heterocycles. The number of fused-ring (bicyclic) bond motifs is 5. The van der Waals surface area contributed by atoms with E-state index < -0.39 is 0 Å². The zero-order chi connectivity index (χ0) is 20.1. The lowest BCUT2D eigenvalue weighted by Gasteiger charge is -2.15. The number of phenols is 1. The lowest BCUT2D eigenvalue weighted by atomic mass is 9.95. The first-order chi connectivity index (χ1) is 14.8. The molecule has 2 bridgehead atoms. The van der Waals surface area contributed by atoms with Gasteiger partial charge in [-0.25, -0.2) is 4.98 Å². The van der Waals surface area contributed by atoms with Gasteiger partial charge in [0.2, 0.25) is 0 Å². The van der Waals surface area contributed by atoms with E-state index in [1.165, 1.54) is 30.5 Å². The summed E-state index contributed by atoms with van der Waals surface area (Å²) in [6, 6.07) is 26.1. The van der Waals surface area contributed by atoms with Crippen molar-refractivity contribution in [2.75, 3.05) is 0 Å². The molecule has 0 saturated heterocycles. The molecule has 1 N–H and O–H groups in total. The van der Waals surface area contributed by atoms with Crippen molar-refractivity contribution in [2.24, 2.45) is 0 Å². The normalized spacial score (nSPS) is 19.1. The van der Waals surface area contributed by atoms with Crippen molar-refractivity contribution in [3.63, 3.8) is 0 Å². The van der Waals surface area contributed by atoms with Crippen LogP contribution in [0.5, 0.6) is 5.75 Å². The van der Waals surface area contributed by atoms with Gasteiger partial charge < -0.3 is 5.11 Å². The number of para-hydroxylation sites is 1. The van der Waals surface area contributed by atoms with E-state index in [2.05, 4.69) is 36.4 Å². The summed E-state index contributed by atoms with van der Waals surface area (Å²) in [5.41, 5.74) is 8.41. The van der Waals surface area contributed by atoms with Crippen molar-refractivity contribution < 1.29 is 5.11 Å². The molecule has 1 fully saturated rings. The average Bonchev–Trinajstić information content (AvgIpc) is 3.42. The molecule has 6 rings (SSSR count). The summed E-state index contributed by atoms with van der Waals surface area (Å²) in [6.45, 7) is 0. The molecule has 0 spiro atoms. The summed E-state index contributed by atoms with van der Waals surface area (Å²) < 4.78 is 0. The van der Waals surface area contributed by atoms with E-state index in [0.29, 0.717) is 5.92 Å². The maximum Gasteiger partial charge on any atom is 0.124 e. The highest BCUT2D eigenvalue weighted by Crippen LogP contribution is 2.52. The molecular formula is C27H22N2O. The van der Waals surface area contributed by atoms with Gasteiger partial charge in [-0.1, -0.05) is 42.5 Å². The molecule has 2 aliphatic carbocycles. The van der Waals surface area contributed by atoms with E-state index in [1.54, 1.807) is 6.07 Å². The first-order valence-corrected chi connectivity index (χ1v) is 10.6. The maximum absolute atomic E-state index is 10.2. The van der Waals surface area contributed by atoms with E-state index in [4.69, 9.17) is 9.97 Å². The molecule has 2 aromatic carbocycles. The number of rotatable bonds is 3. The van der Waals surface area contributed by atoms with E-state index in [0.717, 1.165) is 39.7 Å². The van der Waals surface area contributed by atoms with Crippen molar-refractivity contribution in [2.45, 2.75) is 31.1 Å². The van der Waals surface area contributed by atoms with Crippen LogP contribution in [0.25, 0.3) is 33.8 Å². The van der Waals surface area contributed by atoms with Crippen molar-refractivity contribution in [1.82, 2.24) is 9.97 Å². The van der Waals surface area contributed by atoms with E-state index in [1.807, 2.05) is 36.4 Å². The topological polar surface area (TPSA) is 46.0 Å². The lowest BCUT2D eigenvalue weighted by Crippen LogP contribution is -2.01. The molecule has 1 saturated carbocycles. The predicted octanol–water partition coefficient (Wildman–Crippen LogP) is 6.55. The highest BCUT2D eigenvalue weighted by molar-refractivity contribution is 5.73. The Hall–Kier alpha value is -3.46. The minimum Gasteiger partial charge on any atom is -0.507 e. The van der Waals surface area contributed by atoms with E-state index in [-0.39, 0.29) is 5.75 Å². The van der Waals surface area contributed by atoms with Crippen molar-refractivity contribution in [1.29, 1.82) is 0 Å². The smallest absolute Gasteiger partial charge is 0.124 e. The fourth-order valence-corrected chi connectivity index (χ4v) is 5.10. The summed E-state index contributed by atoms with van der Waals surface area (Å²) in [5.74, 6) is 1.64. The van der Waals surface area contributed by atoms with E-state index >= 15 is 0 Å². The molecule has 2 atom stereocenters. The molecule has 3 heteroatoms. The number of nitrogens with zero attached hydrogens (tertiary/aromatic N) is 2. The van der Waals surface area contributed by atoms with Gasteiger partial charge in [0.25, 0.3) is 0 Å². The van der Waals surface area contributed by atoms with Gasteiger partial charge in [-0.2, -0.15) is 0 Å². The van der Waals surface area contributed by atoms with Crippen LogP contribution in [0.3, 0.4) is 0 Å². The molecule has 0 amide bonds. The quantitative estimate of drug-likeness (QED) is 0.431. The van der Waals surface area contributed by atoms with Crippen molar-refractivity contribution in [3.8, 4) is 39.5 Å². The number of phenolic OH excluding ortho intramolecular Hbond substituents is 1.